The van der Waals surface area contributed by atoms with Crippen molar-refractivity contribution < 1.29 is 27.8 Å². The fraction of sp³-hybridized carbons (Fsp3) is 0.345. The van der Waals surface area contributed by atoms with Crippen LogP contribution in [0.2, 0.25) is 5.02 Å². The molecule has 206 valence electrons. The summed E-state index contributed by atoms with van der Waals surface area (Å²) in [7, 11) is 1.57. The number of anilines is 3. The molecule has 0 aliphatic carbocycles. The van der Waals surface area contributed by atoms with Crippen LogP contribution in [0.3, 0.4) is 0 Å². The third-order valence-electron chi connectivity index (χ3n) is 7.53. The van der Waals surface area contributed by atoms with Crippen LogP contribution in [-0.4, -0.2) is 43.4 Å². The Kier molecular flexibility index (Phi) is 7.64. The predicted octanol–water partition coefficient (Wildman–Crippen LogP) is 5.69. The molecule has 3 aromatic carbocycles. The molecule has 10 heteroatoms. The topological polar surface area (TPSA) is 65.0 Å². The third kappa shape index (κ3) is 5.65. The zero-order chi connectivity index (χ0) is 27.7. The summed E-state index contributed by atoms with van der Waals surface area (Å²) in [5.74, 6) is -1.27. The normalized spacial score (nSPS) is 16.7. The van der Waals surface area contributed by atoms with Crippen molar-refractivity contribution in [1.82, 2.24) is 0 Å². The molecule has 0 spiro atoms. The number of halogens is 4. The van der Waals surface area contributed by atoms with Gasteiger partial charge in [0.25, 0.3) is 0 Å². The van der Waals surface area contributed by atoms with E-state index in [1.54, 1.807) is 30.2 Å². The first-order valence-corrected chi connectivity index (χ1v) is 13.2. The average molecular weight is 560 g/mol. The Hall–Kier alpha value is -3.43. The van der Waals surface area contributed by atoms with Crippen molar-refractivity contribution in [2.75, 3.05) is 41.9 Å². The number of methoxy groups -OCH3 is 1. The summed E-state index contributed by atoms with van der Waals surface area (Å²) in [5, 5.41) is 14.2. The van der Waals surface area contributed by atoms with Gasteiger partial charge in [-0.05, 0) is 55.2 Å². The average Bonchev–Trinajstić information content (AvgIpc) is 2.93. The van der Waals surface area contributed by atoms with Crippen LogP contribution in [0.15, 0.2) is 48.5 Å². The Morgan fingerprint density at radius 2 is 1.72 bits per heavy atom. The van der Waals surface area contributed by atoms with Crippen molar-refractivity contribution in [2.45, 2.75) is 37.8 Å². The van der Waals surface area contributed by atoms with Crippen molar-refractivity contribution in [1.29, 1.82) is 0 Å². The highest BCUT2D eigenvalue weighted by molar-refractivity contribution is 6.30. The summed E-state index contributed by atoms with van der Waals surface area (Å²) < 4.78 is 48.6. The number of ether oxygens (including phenoxy) is 1. The second-order valence-electron chi connectivity index (χ2n) is 10.0. The number of amides is 1. The van der Waals surface area contributed by atoms with Gasteiger partial charge >= 0.3 is 0 Å². The Balaban J connectivity index is 1.29. The minimum Gasteiger partial charge on any atom is -0.497 e. The molecule has 0 saturated carbocycles. The fourth-order valence-electron chi connectivity index (χ4n) is 5.25. The van der Waals surface area contributed by atoms with Gasteiger partial charge < -0.3 is 25.0 Å². The lowest BCUT2D eigenvalue weighted by Gasteiger charge is -2.40. The number of nitrogens with zero attached hydrogens (tertiary/aromatic N) is 2. The number of aliphatic hydroxyl groups is 1. The third-order valence-corrected chi connectivity index (χ3v) is 7.82. The van der Waals surface area contributed by atoms with Gasteiger partial charge in [-0.25, -0.2) is 13.2 Å². The Morgan fingerprint density at radius 1 is 1.00 bits per heavy atom. The second kappa shape index (κ2) is 11.0. The first kappa shape index (κ1) is 27.1. The maximum absolute atomic E-state index is 15.1. The van der Waals surface area contributed by atoms with E-state index in [1.807, 2.05) is 12.1 Å². The van der Waals surface area contributed by atoms with Crippen LogP contribution in [0.4, 0.5) is 30.2 Å². The number of piperidine rings is 1. The van der Waals surface area contributed by atoms with E-state index in [-0.39, 0.29) is 41.8 Å². The number of rotatable bonds is 7. The summed E-state index contributed by atoms with van der Waals surface area (Å²) in [4.78, 5) is 16.0. The van der Waals surface area contributed by atoms with Gasteiger partial charge in [0.05, 0.1) is 35.7 Å². The van der Waals surface area contributed by atoms with E-state index in [9.17, 15) is 18.7 Å². The van der Waals surface area contributed by atoms with E-state index in [1.165, 1.54) is 11.0 Å². The molecule has 39 heavy (non-hydrogen) atoms. The largest absolute Gasteiger partial charge is 0.497 e. The molecule has 2 aliphatic rings. The molecule has 0 radical (unpaired) electrons. The van der Waals surface area contributed by atoms with E-state index in [0.717, 1.165) is 17.7 Å². The van der Waals surface area contributed by atoms with Crippen molar-refractivity contribution >= 4 is 34.6 Å². The zero-order valence-corrected chi connectivity index (χ0v) is 22.2. The van der Waals surface area contributed by atoms with Gasteiger partial charge in [0.1, 0.15) is 23.2 Å². The quantitative estimate of drug-likeness (QED) is 0.364. The van der Waals surface area contributed by atoms with Crippen LogP contribution in [0.1, 0.15) is 30.4 Å². The molecule has 2 aliphatic heterocycles. The van der Waals surface area contributed by atoms with Crippen molar-refractivity contribution in [3.63, 3.8) is 0 Å². The first-order chi connectivity index (χ1) is 18.7. The molecule has 6 nitrogen and oxygen atoms in total. The Labute approximate surface area is 229 Å². The fourth-order valence-corrected chi connectivity index (χ4v) is 5.40. The molecule has 1 fully saturated rings. The van der Waals surface area contributed by atoms with Crippen molar-refractivity contribution in [3.05, 3.63) is 82.1 Å². The molecule has 5 rings (SSSR count). The monoisotopic (exact) mass is 559 g/mol. The van der Waals surface area contributed by atoms with Crippen LogP contribution >= 0.6 is 11.6 Å². The number of carbonyl (C=O) groups is 1. The van der Waals surface area contributed by atoms with Crippen LogP contribution in [0.5, 0.6) is 5.75 Å². The van der Waals surface area contributed by atoms with E-state index in [2.05, 4.69) is 5.32 Å². The first-order valence-electron chi connectivity index (χ1n) is 12.8. The highest BCUT2D eigenvalue weighted by atomic mass is 35.5. The number of carbonyl (C=O) groups excluding carboxylic acids is 1. The van der Waals surface area contributed by atoms with Crippen LogP contribution in [0.25, 0.3) is 0 Å². The number of benzene rings is 3. The van der Waals surface area contributed by atoms with Gasteiger partial charge in [0, 0.05) is 43.4 Å². The van der Waals surface area contributed by atoms with E-state index < -0.39 is 23.1 Å². The van der Waals surface area contributed by atoms with Gasteiger partial charge in [0.15, 0.2) is 0 Å². The molecule has 2 heterocycles. The van der Waals surface area contributed by atoms with Gasteiger partial charge in [-0.2, -0.15) is 0 Å². The molecular weight excluding hydrogens is 531 g/mol. The highest BCUT2D eigenvalue weighted by Crippen LogP contribution is 2.38. The minimum atomic E-state index is -1.10. The maximum Gasteiger partial charge on any atom is 0.227 e. The van der Waals surface area contributed by atoms with E-state index in [4.69, 9.17) is 16.3 Å². The molecule has 1 saturated heterocycles. The molecule has 1 amide bonds. The summed E-state index contributed by atoms with van der Waals surface area (Å²) in [6.45, 7) is 1.05. The zero-order valence-electron chi connectivity index (χ0n) is 21.4. The number of fused-ring (bicyclic) bond motifs is 1. The summed E-state index contributed by atoms with van der Waals surface area (Å²) in [6.07, 6.45) is 1.25. The number of hydrogen-bond donors (Lipinski definition) is 2. The van der Waals surface area contributed by atoms with Crippen LogP contribution < -0.4 is 19.9 Å². The molecular formula is C29H29ClF3N3O3. The second-order valence-corrected chi connectivity index (χ2v) is 10.4. The van der Waals surface area contributed by atoms with Crippen LogP contribution in [-0.2, 0) is 17.8 Å². The predicted molar refractivity (Wildman–Crippen MR) is 145 cm³/mol. The summed E-state index contributed by atoms with van der Waals surface area (Å²) >= 11 is 5.67. The van der Waals surface area contributed by atoms with Crippen molar-refractivity contribution in [2.24, 2.45) is 0 Å². The summed E-state index contributed by atoms with van der Waals surface area (Å²) in [6, 6.07) is 12.2. The smallest absolute Gasteiger partial charge is 0.227 e. The number of hydrogen-bond acceptors (Lipinski definition) is 5. The summed E-state index contributed by atoms with van der Waals surface area (Å²) in [5.41, 5.74) is 1.43. The van der Waals surface area contributed by atoms with Gasteiger partial charge in [-0.15, -0.1) is 0 Å². The van der Waals surface area contributed by atoms with Gasteiger partial charge in [0.2, 0.25) is 5.91 Å². The van der Waals surface area contributed by atoms with E-state index in [0.29, 0.717) is 49.4 Å². The Morgan fingerprint density at radius 3 is 2.41 bits per heavy atom. The molecule has 0 unspecified atom stereocenters. The Bertz CT molecular complexity index is 1380. The lowest BCUT2D eigenvalue weighted by molar-refractivity contribution is -0.119. The SMILES string of the molecule is COc1ccc(CN2C(=O)CCc3c(NCC4(O)CCN(c5cc(F)c(Cl)cc5F)CC4)ccc(F)c32)cc1. The maximum atomic E-state index is 15.1. The molecule has 0 bridgehead atoms. The van der Waals surface area contributed by atoms with Crippen LogP contribution in [0, 0.1) is 17.5 Å². The molecule has 0 atom stereocenters. The molecule has 0 aromatic heterocycles. The highest BCUT2D eigenvalue weighted by Gasteiger charge is 2.34. The van der Waals surface area contributed by atoms with Crippen molar-refractivity contribution in [3.8, 4) is 5.75 Å². The van der Waals surface area contributed by atoms with Gasteiger partial charge in [-0.3, -0.25) is 4.79 Å². The standard InChI is InChI=1S/C29H29ClF3N3O3/c1-39-19-4-2-18(3-5-19)16-36-27(37)9-6-20-25(8-7-22(31)28(20)36)34-17-29(38)10-12-35(13-11-29)26-15-23(32)21(30)14-24(26)33/h2-5,7-8,14-15,34,38H,6,9-13,16-17H2,1H3. The lowest BCUT2D eigenvalue weighted by atomic mass is 9.90. The van der Waals surface area contributed by atoms with E-state index >= 15 is 4.39 Å². The number of nitrogens with one attached hydrogen (secondary N) is 1. The molecule has 2 N–H and O–H groups in total. The minimum absolute atomic E-state index is 0.112. The molecule has 3 aromatic rings. The lowest BCUT2D eigenvalue weighted by Crippen LogP contribution is -2.48. The van der Waals surface area contributed by atoms with Gasteiger partial charge in [-0.1, -0.05) is 23.7 Å².